The molecule has 0 aliphatic heterocycles. The van der Waals surface area contributed by atoms with Crippen LogP contribution in [0.15, 0.2) is 34.4 Å². The Bertz CT molecular complexity index is 1260. The summed E-state index contributed by atoms with van der Waals surface area (Å²) in [5.41, 5.74) is 4.15. The SMILES string of the molecule is COc1cc(/C=N\NC(=O)Cn2cnc3sc4c(c3c2=O)CC[C@@H](C)C4)ccc1OC(C)C. The van der Waals surface area contributed by atoms with E-state index in [0.29, 0.717) is 22.8 Å². The van der Waals surface area contributed by atoms with E-state index in [4.69, 9.17) is 9.47 Å². The Morgan fingerprint density at radius 1 is 1.39 bits per heavy atom. The molecular weight excluding hydrogens is 440 g/mol. The van der Waals surface area contributed by atoms with Crippen LogP contribution in [0, 0.1) is 5.92 Å². The van der Waals surface area contributed by atoms with E-state index in [1.54, 1.807) is 30.6 Å². The monoisotopic (exact) mass is 468 g/mol. The zero-order valence-corrected chi connectivity index (χ0v) is 20.1. The Labute approximate surface area is 196 Å². The minimum Gasteiger partial charge on any atom is -0.493 e. The summed E-state index contributed by atoms with van der Waals surface area (Å²) in [5.74, 6) is 1.44. The van der Waals surface area contributed by atoms with Gasteiger partial charge in [-0.15, -0.1) is 11.3 Å². The maximum atomic E-state index is 13.0. The number of methoxy groups -OCH3 is 1. The van der Waals surface area contributed by atoms with Gasteiger partial charge in [0.2, 0.25) is 0 Å². The highest BCUT2D eigenvalue weighted by atomic mass is 32.1. The van der Waals surface area contributed by atoms with Crippen molar-refractivity contribution < 1.29 is 14.3 Å². The fourth-order valence-corrected chi connectivity index (χ4v) is 5.30. The highest BCUT2D eigenvalue weighted by Gasteiger charge is 2.23. The van der Waals surface area contributed by atoms with E-state index in [0.717, 1.165) is 35.2 Å². The summed E-state index contributed by atoms with van der Waals surface area (Å²) in [6.07, 6.45) is 5.92. The van der Waals surface area contributed by atoms with Gasteiger partial charge in [0.15, 0.2) is 11.5 Å². The van der Waals surface area contributed by atoms with Crippen molar-refractivity contribution in [2.75, 3.05) is 7.11 Å². The first-order valence-corrected chi connectivity index (χ1v) is 11.8. The zero-order chi connectivity index (χ0) is 23.5. The summed E-state index contributed by atoms with van der Waals surface area (Å²) in [5, 5.41) is 4.67. The number of fused-ring (bicyclic) bond motifs is 3. The molecule has 0 bridgehead atoms. The van der Waals surface area contributed by atoms with E-state index in [-0.39, 0.29) is 18.2 Å². The van der Waals surface area contributed by atoms with Gasteiger partial charge < -0.3 is 9.47 Å². The number of hydrogen-bond acceptors (Lipinski definition) is 7. The second-order valence-corrected chi connectivity index (χ2v) is 9.66. The number of aromatic nitrogens is 2. The molecular formula is C24H28N4O4S. The molecule has 3 aromatic rings. The van der Waals surface area contributed by atoms with Gasteiger partial charge in [-0.25, -0.2) is 10.4 Å². The van der Waals surface area contributed by atoms with E-state index >= 15 is 0 Å². The number of rotatable bonds is 7. The summed E-state index contributed by atoms with van der Waals surface area (Å²) in [7, 11) is 1.57. The number of benzene rings is 1. The number of thiophene rings is 1. The molecule has 1 amide bonds. The fourth-order valence-electron chi connectivity index (χ4n) is 3.96. The first kappa shape index (κ1) is 23.0. The Kier molecular flexibility index (Phi) is 6.78. The average molecular weight is 469 g/mol. The molecule has 174 valence electrons. The summed E-state index contributed by atoms with van der Waals surface area (Å²) in [6, 6.07) is 5.39. The standard InChI is InChI=1S/C24H28N4O4S/c1-14(2)32-18-8-6-16(10-19(18)31-4)11-26-27-21(29)12-28-13-25-23-22(24(28)30)17-7-5-15(3)9-20(17)33-23/h6,8,10-11,13-15H,5,7,9,12H2,1-4H3,(H,27,29)/b26-11-/t15-/m1/s1. The van der Waals surface area contributed by atoms with Gasteiger partial charge in [-0.1, -0.05) is 6.92 Å². The highest BCUT2D eigenvalue weighted by molar-refractivity contribution is 7.18. The number of amides is 1. The predicted molar refractivity (Wildman–Crippen MR) is 130 cm³/mol. The van der Waals surface area contributed by atoms with Gasteiger partial charge in [-0.2, -0.15) is 5.10 Å². The van der Waals surface area contributed by atoms with Crippen molar-refractivity contribution in [1.29, 1.82) is 0 Å². The molecule has 0 radical (unpaired) electrons. The molecule has 4 rings (SSSR count). The van der Waals surface area contributed by atoms with Crippen LogP contribution < -0.4 is 20.5 Å². The van der Waals surface area contributed by atoms with E-state index in [1.807, 2.05) is 19.9 Å². The topological polar surface area (TPSA) is 94.8 Å². The lowest BCUT2D eigenvalue weighted by molar-refractivity contribution is -0.121. The number of carbonyl (C=O) groups excluding carboxylic acids is 1. The lowest BCUT2D eigenvalue weighted by atomic mass is 9.89. The van der Waals surface area contributed by atoms with Crippen LogP contribution in [0.25, 0.3) is 10.2 Å². The van der Waals surface area contributed by atoms with Crippen LogP contribution >= 0.6 is 11.3 Å². The zero-order valence-electron chi connectivity index (χ0n) is 19.3. The molecule has 0 saturated carbocycles. The Morgan fingerprint density at radius 2 is 2.21 bits per heavy atom. The molecule has 1 N–H and O–H groups in total. The number of nitrogens with zero attached hydrogens (tertiary/aromatic N) is 3. The summed E-state index contributed by atoms with van der Waals surface area (Å²) >= 11 is 1.60. The third-order valence-electron chi connectivity index (χ3n) is 5.55. The normalized spacial score (nSPS) is 15.7. The van der Waals surface area contributed by atoms with Gasteiger partial charge in [0.05, 0.1) is 31.1 Å². The van der Waals surface area contributed by atoms with Crippen LogP contribution in [0.1, 0.15) is 43.2 Å². The second-order valence-electron chi connectivity index (χ2n) is 8.58. The molecule has 1 aromatic carbocycles. The predicted octanol–water partition coefficient (Wildman–Crippen LogP) is 3.53. The van der Waals surface area contributed by atoms with Crippen molar-refractivity contribution in [2.24, 2.45) is 11.0 Å². The maximum Gasteiger partial charge on any atom is 0.262 e. The molecule has 2 aromatic heterocycles. The Morgan fingerprint density at radius 3 is 2.97 bits per heavy atom. The third-order valence-corrected chi connectivity index (χ3v) is 6.71. The molecule has 1 aliphatic rings. The van der Waals surface area contributed by atoms with Crippen molar-refractivity contribution in [2.45, 2.75) is 52.7 Å². The molecule has 1 aliphatic carbocycles. The number of aryl methyl sites for hydroxylation is 1. The van der Waals surface area contributed by atoms with Gasteiger partial charge in [0.25, 0.3) is 11.5 Å². The smallest absolute Gasteiger partial charge is 0.262 e. The van der Waals surface area contributed by atoms with Crippen LogP contribution in [-0.2, 0) is 24.2 Å². The molecule has 0 fully saturated rings. The van der Waals surface area contributed by atoms with E-state index in [1.165, 1.54) is 22.0 Å². The minimum absolute atomic E-state index is 0.0259. The highest BCUT2D eigenvalue weighted by Crippen LogP contribution is 2.35. The fraction of sp³-hybridized carbons (Fsp3) is 0.417. The Hall–Kier alpha value is -3.20. The number of ether oxygens (including phenoxy) is 2. The summed E-state index contributed by atoms with van der Waals surface area (Å²) in [6.45, 7) is 5.96. The van der Waals surface area contributed by atoms with Gasteiger partial charge in [-0.05, 0) is 68.4 Å². The lowest BCUT2D eigenvalue weighted by Gasteiger charge is -2.17. The van der Waals surface area contributed by atoms with E-state index in [9.17, 15) is 9.59 Å². The average Bonchev–Trinajstić information content (AvgIpc) is 3.14. The number of nitrogens with one attached hydrogen (secondary N) is 1. The van der Waals surface area contributed by atoms with Crippen molar-refractivity contribution >= 4 is 33.7 Å². The van der Waals surface area contributed by atoms with Crippen LogP contribution in [0.2, 0.25) is 0 Å². The van der Waals surface area contributed by atoms with Crippen LogP contribution in [-0.4, -0.2) is 34.9 Å². The second kappa shape index (κ2) is 9.74. The first-order valence-electron chi connectivity index (χ1n) is 11.0. The molecule has 1 atom stereocenters. The summed E-state index contributed by atoms with van der Waals surface area (Å²) in [4.78, 5) is 31.9. The van der Waals surface area contributed by atoms with Crippen molar-refractivity contribution in [3.8, 4) is 11.5 Å². The first-order chi connectivity index (χ1) is 15.9. The largest absolute Gasteiger partial charge is 0.493 e. The quantitative estimate of drug-likeness (QED) is 0.423. The number of hydrazone groups is 1. The van der Waals surface area contributed by atoms with Crippen LogP contribution in [0.3, 0.4) is 0 Å². The van der Waals surface area contributed by atoms with Crippen molar-refractivity contribution in [3.05, 3.63) is 50.9 Å². The number of hydrogen-bond donors (Lipinski definition) is 1. The Balaban J connectivity index is 1.44. The number of carbonyl (C=O) groups is 1. The lowest BCUT2D eigenvalue weighted by Crippen LogP contribution is -2.30. The molecule has 2 heterocycles. The van der Waals surface area contributed by atoms with Crippen LogP contribution in [0.4, 0.5) is 0 Å². The molecule has 8 nitrogen and oxygen atoms in total. The molecule has 0 spiro atoms. The van der Waals surface area contributed by atoms with E-state index in [2.05, 4.69) is 22.4 Å². The molecule has 33 heavy (non-hydrogen) atoms. The maximum absolute atomic E-state index is 13.0. The van der Waals surface area contributed by atoms with E-state index < -0.39 is 5.91 Å². The van der Waals surface area contributed by atoms with Gasteiger partial charge in [0, 0.05) is 4.88 Å². The van der Waals surface area contributed by atoms with Crippen molar-refractivity contribution in [3.63, 3.8) is 0 Å². The summed E-state index contributed by atoms with van der Waals surface area (Å²) < 4.78 is 12.4. The third kappa shape index (κ3) is 5.08. The molecule has 9 heteroatoms. The molecule has 0 saturated heterocycles. The van der Waals surface area contributed by atoms with Gasteiger partial charge in [-0.3, -0.25) is 14.2 Å². The van der Waals surface area contributed by atoms with Gasteiger partial charge in [0.1, 0.15) is 11.4 Å². The van der Waals surface area contributed by atoms with Gasteiger partial charge >= 0.3 is 0 Å². The van der Waals surface area contributed by atoms with Crippen LogP contribution in [0.5, 0.6) is 11.5 Å². The van der Waals surface area contributed by atoms with Crippen molar-refractivity contribution in [1.82, 2.24) is 15.0 Å². The minimum atomic E-state index is -0.404. The molecule has 0 unspecified atom stereocenters.